The highest BCUT2D eigenvalue weighted by Gasteiger charge is 2.26. The lowest BCUT2D eigenvalue weighted by Crippen LogP contribution is -2.40. The van der Waals surface area contributed by atoms with E-state index >= 15 is 0 Å². The van der Waals surface area contributed by atoms with Crippen LogP contribution < -0.4 is 15.5 Å². The predicted molar refractivity (Wildman–Crippen MR) is 193 cm³/mol. The van der Waals surface area contributed by atoms with Crippen molar-refractivity contribution >= 4 is 51.9 Å². The fourth-order valence-corrected chi connectivity index (χ4v) is 7.57. The van der Waals surface area contributed by atoms with E-state index in [9.17, 15) is 9.18 Å². The number of carbonyl (C=O) groups excluding carboxylic acids is 1. The summed E-state index contributed by atoms with van der Waals surface area (Å²) in [5.41, 5.74) is 5.10. The molecule has 0 radical (unpaired) electrons. The quantitative estimate of drug-likeness (QED) is 0.138. The van der Waals surface area contributed by atoms with Gasteiger partial charge in [0.05, 0.1) is 11.1 Å². The number of rotatable bonds is 11. The zero-order valence-electron chi connectivity index (χ0n) is 27.0. The minimum absolute atomic E-state index is 0.0471. The third-order valence-electron chi connectivity index (χ3n) is 8.85. The molecule has 0 unspecified atom stereocenters. The van der Waals surface area contributed by atoms with Crippen LogP contribution >= 0.6 is 23.4 Å². The van der Waals surface area contributed by atoms with Gasteiger partial charge in [0.1, 0.15) is 11.6 Å². The van der Waals surface area contributed by atoms with E-state index in [2.05, 4.69) is 27.3 Å². The summed E-state index contributed by atoms with van der Waals surface area (Å²) in [7, 11) is 3.99. The van der Waals surface area contributed by atoms with Crippen molar-refractivity contribution in [1.29, 1.82) is 0 Å². The van der Waals surface area contributed by atoms with Crippen molar-refractivity contribution in [3.63, 3.8) is 0 Å². The molecule has 244 valence electrons. The molecule has 1 saturated carbocycles. The summed E-state index contributed by atoms with van der Waals surface area (Å²) >= 11 is 7.87. The number of aromatic nitrogens is 3. The van der Waals surface area contributed by atoms with Gasteiger partial charge in [0.2, 0.25) is 5.95 Å². The number of fused-ring (bicyclic) bond motifs is 1. The van der Waals surface area contributed by atoms with E-state index in [1.165, 1.54) is 6.07 Å². The van der Waals surface area contributed by atoms with E-state index in [0.29, 0.717) is 34.4 Å². The second-order valence-electron chi connectivity index (χ2n) is 12.2. The summed E-state index contributed by atoms with van der Waals surface area (Å²) < 4.78 is 16.5. The summed E-state index contributed by atoms with van der Waals surface area (Å²) in [5.74, 6) is 2.44. The van der Waals surface area contributed by atoms with Crippen molar-refractivity contribution in [3.05, 3.63) is 107 Å². The smallest absolute Gasteiger partial charge is 0.253 e. The first kappa shape index (κ1) is 32.8. The maximum atomic E-state index is 14.3. The van der Waals surface area contributed by atoms with Crippen molar-refractivity contribution in [2.45, 2.75) is 57.0 Å². The minimum atomic E-state index is -0.281. The van der Waals surface area contributed by atoms with E-state index in [1.807, 2.05) is 74.4 Å². The van der Waals surface area contributed by atoms with Crippen molar-refractivity contribution in [2.75, 3.05) is 30.1 Å². The molecule has 2 heterocycles. The molecule has 0 spiro atoms. The third-order valence-corrected chi connectivity index (χ3v) is 10.2. The number of nitrogens with zero attached hydrogens (tertiary/aromatic N) is 4. The van der Waals surface area contributed by atoms with Gasteiger partial charge in [0.25, 0.3) is 5.91 Å². The number of hydrogen-bond donors (Lipinski definition) is 2. The molecule has 47 heavy (non-hydrogen) atoms. The van der Waals surface area contributed by atoms with E-state index in [1.54, 1.807) is 23.9 Å². The van der Waals surface area contributed by atoms with Crippen LogP contribution in [-0.4, -0.2) is 52.4 Å². The number of hydrogen-bond acceptors (Lipinski definition) is 6. The van der Waals surface area contributed by atoms with Crippen LogP contribution in [0.4, 0.5) is 16.2 Å². The molecule has 2 N–H and O–H groups in total. The number of thioether (sulfide) groups is 1. The Hall–Kier alpha value is -4.08. The van der Waals surface area contributed by atoms with Gasteiger partial charge in [-0.1, -0.05) is 60.1 Å². The first-order valence-electron chi connectivity index (χ1n) is 16.1. The van der Waals surface area contributed by atoms with E-state index < -0.39 is 0 Å². The van der Waals surface area contributed by atoms with Crippen LogP contribution in [0.25, 0.3) is 22.2 Å². The number of carbonyl (C=O) groups is 1. The monoisotopic (exact) mass is 670 g/mol. The van der Waals surface area contributed by atoms with Crippen molar-refractivity contribution in [3.8, 4) is 11.3 Å². The van der Waals surface area contributed by atoms with E-state index in [-0.39, 0.29) is 23.8 Å². The summed E-state index contributed by atoms with van der Waals surface area (Å²) in [6.07, 6.45) is 3.57. The molecule has 0 saturated heterocycles. The highest BCUT2D eigenvalue weighted by Crippen LogP contribution is 2.30. The molecule has 3 aromatic carbocycles. The molecule has 0 aliphatic heterocycles. The lowest BCUT2D eigenvalue weighted by atomic mass is 9.91. The summed E-state index contributed by atoms with van der Waals surface area (Å²) in [6.45, 7) is 2.69. The van der Waals surface area contributed by atoms with Crippen LogP contribution in [0.2, 0.25) is 5.02 Å². The Balaban J connectivity index is 1.09. The third kappa shape index (κ3) is 7.57. The summed E-state index contributed by atoms with van der Waals surface area (Å²) in [5, 5.41) is 8.36. The molecule has 0 bridgehead atoms. The largest absolute Gasteiger partial charge is 0.362 e. The highest BCUT2D eigenvalue weighted by molar-refractivity contribution is 7.98. The van der Waals surface area contributed by atoms with Gasteiger partial charge in [-0.3, -0.25) is 4.79 Å². The zero-order chi connectivity index (χ0) is 32.9. The molecule has 1 aliphatic rings. The fourth-order valence-electron chi connectivity index (χ4n) is 6.30. The van der Waals surface area contributed by atoms with Gasteiger partial charge in [0, 0.05) is 71.6 Å². The van der Waals surface area contributed by atoms with Gasteiger partial charge in [-0.2, -0.15) is 16.7 Å². The van der Waals surface area contributed by atoms with Crippen molar-refractivity contribution in [1.82, 2.24) is 19.9 Å². The maximum absolute atomic E-state index is 14.3. The minimum Gasteiger partial charge on any atom is -0.362 e. The van der Waals surface area contributed by atoms with Crippen LogP contribution in [0, 0.1) is 12.7 Å². The highest BCUT2D eigenvalue weighted by atomic mass is 35.5. The first-order chi connectivity index (χ1) is 22.8. The zero-order valence-corrected chi connectivity index (χ0v) is 28.5. The molecule has 0 atom stereocenters. The summed E-state index contributed by atoms with van der Waals surface area (Å²) in [6, 6.07) is 25.3. The van der Waals surface area contributed by atoms with Gasteiger partial charge in [-0.25, -0.2) is 9.37 Å². The average Bonchev–Trinajstić information content (AvgIpc) is 3.40. The lowest BCUT2D eigenvalue weighted by molar-refractivity contribution is 0.0926. The van der Waals surface area contributed by atoms with Crippen LogP contribution in [0.15, 0.2) is 78.9 Å². The molecule has 5 aromatic rings. The number of nitrogens with one attached hydrogen (secondary N) is 2. The molecule has 1 fully saturated rings. The number of halogens is 2. The van der Waals surface area contributed by atoms with Crippen LogP contribution in [0.1, 0.15) is 47.3 Å². The Kier molecular flexibility index (Phi) is 10.3. The Morgan fingerprint density at radius 1 is 0.979 bits per heavy atom. The fraction of sp³-hybridized carbons (Fsp3) is 0.324. The van der Waals surface area contributed by atoms with Crippen LogP contribution in [-0.2, 0) is 12.3 Å². The first-order valence-corrected chi connectivity index (χ1v) is 17.6. The lowest BCUT2D eigenvalue weighted by Gasteiger charge is -2.30. The van der Waals surface area contributed by atoms with E-state index in [4.69, 9.17) is 21.6 Å². The molecule has 7 nitrogen and oxygen atoms in total. The normalized spacial score (nSPS) is 16.3. The molecule has 2 aromatic heterocycles. The Labute approximate surface area is 284 Å². The van der Waals surface area contributed by atoms with Gasteiger partial charge >= 0.3 is 0 Å². The maximum Gasteiger partial charge on any atom is 0.253 e. The van der Waals surface area contributed by atoms with Crippen LogP contribution in [0.5, 0.6) is 0 Å². The number of benzene rings is 3. The van der Waals surface area contributed by atoms with Gasteiger partial charge in [0.15, 0.2) is 0 Å². The predicted octanol–water partition coefficient (Wildman–Crippen LogP) is 8.35. The van der Waals surface area contributed by atoms with Gasteiger partial charge in [-0.05, 0) is 68.5 Å². The molecular formula is C37H40ClFN6OS. The Bertz CT molecular complexity index is 1840. The average molecular weight is 671 g/mol. The topological polar surface area (TPSA) is 75.1 Å². The second-order valence-corrected chi connectivity index (χ2v) is 13.8. The SMILES string of the molecule is Cc1c(C(=O)N[C@H]2CC[C@@H](Nc3nc(N(C)C)c4ccccc4n3)CC2)cc(-c2ccccc2)n1CCSCc1c(F)cccc1Cl. The van der Waals surface area contributed by atoms with Gasteiger partial charge in [-0.15, -0.1) is 0 Å². The second kappa shape index (κ2) is 14.8. The van der Waals surface area contributed by atoms with E-state index in [0.717, 1.165) is 65.1 Å². The molecule has 1 aliphatic carbocycles. The molecular weight excluding hydrogens is 631 g/mol. The summed E-state index contributed by atoms with van der Waals surface area (Å²) in [4.78, 5) is 25.3. The number of anilines is 2. The standard InChI is InChI=1S/C37H40ClFN6OS/c1-24-29(22-34(25-10-5-4-6-11-25)45(24)20-21-47-23-30-31(38)13-9-14-32(30)39)36(46)40-26-16-18-27(19-17-26)41-37-42-33-15-8-7-12-28(33)35(43-37)44(2)3/h4-15,22,26-27H,16-21,23H2,1-3H3,(H,40,46)(H,41,42,43)/t26-,27+. The molecule has 6 rings (SSSR count). The molecule has 10 heteroatoms. The van der Waals surface area contributed by atoms with Crippen molar-refractivity contribution in [2.24, 2.45) is 0 Å². The Morgan fingerprint density at radius 2 is 1.70 bits per heavy atom. The number of amides is 1. The van der Waals surface area contributed by atoms with Gasteiger partial charge < -0.3 is 20.1 Å². The number of para-hydroxylation sites is 1. The molecule has 1 amide bonds. The van der Waals surface area contributed by atoms with Crippen LogP contribution in [0.3, 0.4) is 0 Å². The van der Waals surface area contributed by atoms with Crippen molar-refractivity contribution < 1.29 is 9.18 Å². The Morgan fingerprint density at radius 3 is 2.45 bits per heavy atom.